The highest BCUT2D eigenvalue weighted by molar-refractivity contribution is 7.08. The first-order chi connectivity index (χ1) is 12.7. The number of aryl methyl sites for hydroxylation is 2. The van der Waals surface area contributed by atoms with Gasteiger partial charge in [-0.2, -0.15) is 10.5 Å². The quantitative estimate of drug-likeness (QED) is 0.684. The van der Waals surface area contributed by atoms with E-state index in [0.29, 0.717) is 20.6 Å². The Bertz CT molecular complexity index is 1230. The number of fused-ring (bicyclic) bond motifs is 1. The van der Waals surface area contributed by atoms with Gasteiger partial charge in [0, 0.05) is 5.38 Å². The molecule has 0 unspecified atom stereocenters. The SMILES string of the molecule is N#CC(C#N)=c1s/c(=C/c2cscn2)c(=O)n1-c1ccc2c(c1)CCC2. The van der Waals surface area contributed by atoms with E-state index in [1.54, 1.807) is 11.6 Å². The zero-order chi connectivity index (χ0) is 18.1. The third-order valence-corrected chi connectivity index (χ3v) is 6.03. The maximum absolute atomic E-state index is 13.0. The van der Waals surface area contributed by atoms with E-state index in [1.807, 2.05) is 35.7 Å². The molecular formula is C19H12N4OS2. The molecule has 0 bridgehead atoms. The molecule has 1 aromatic carbocycles. The topological polar surface area (TPSA) is 82.5 Å². The van der Waals surface area contributed by atoms with Crippen molar-refractivity contribution in [1.29, 1.82) is 10.5 Å². The van der Waals surface area contributed by atoms with Crippen molar-refractivity contribution in [2.45, 2.75) is 19.3 Å². The first kappa shape index (κ1) is 16.5. The van der Waals surface area contributed by atoms with Gasteiger partial charge in [-0.15, -0.1) is 22.7 Å². The first-order valence-electron chi connectivity index (χ1n) is 7.99. The van der Waals surface area contributed by atoms with Gasteiger partial charge in [-0.05, 0) is 48.6 Å². The van der Waals surface area contributed by atoms with Crippen molar-refractivity contribution in [2.24, 2.45) is 0 Å². The van der Waals surface area contributed by atoms with Crippen molar-refractivity contribution < 1.29 is 0 Å². The molecule has 0 amide bonds. The first-order valence-corrected chi connectivity index (χ1v) is 9.75. The third-order valence-electron chi connectivity index (χ3n) is 4.33. The summed E-state index contributed by atoms with van der Waals surface area (Å²) in [6.45, 7) is 0. The van der Waals surface area contributed by atoms with E-state index in [9.17, 15) is 15.3 Å². The molecule has 1 aliphatic rings. The lowest BCUT2D eigenvalue weighted by Gasteiger charge is -2.05. The highest BCUT2D eigenvalue weighted by atomic mass is 32.1. The highest BCUT2D eigenvalue weighted by Crippen LogP contribution is 2.23. The minimum absolute atomic E-state index is 0.0643. The van der Waals surface area contributed by atoms with Gasteiger partial charge in [-0.1, -0.05) is 6.07 Å². The largest absolute Gasteiger partial charge is 0.273 e. The van der Waals surface area contributed by atoms with Gasteiger partial charge in [0.05, 0.1) is 21.4 Å². The van der Waals surface area contributed by atoms with Crippen LogP contribution in [0.3, 0.4) is 0 Å². The van der Waals surface area contributed by atoms with Crippen molar-refractivity contribution in [2.75, 3.05) is 0 Å². The van der Waals surface area contributed by atoms with Gasteiger partial charge in [0.1, 0.15) is 16.8 Å². The van der Waals surface area contributed by atoms with E-state index in [-0.39, 0.29) is 11.1 Å². The smallest absolute Gasteiger partial charge is 0.267 e. The van der Waals surface area contributed by atoms with Crippen molar-refractivity contribution >= 4 is 34.3 Å². The molecule has 2 aromatic heterocycles. The molecular weight excluding hydrogens is 364 g/mol. The monoisotopic (exact) mass is 376 g/mol. The Morgan fingerprint density at radius 1 is 1.23 bits per heavy atom. The lowest BCUT2D eigenvalue weighted by molar-refractivity contribution is 0.911. The number of aromatic nitrogens is 2. The molecule has 7 heteroatoms. The second-order valence-electron chi connectivity index (χ2n) is 5.87. The minimum atomic E-state index is -0.237. The van der Waals surface area contributed by atoms with E-state index >= 15 is 0 Å². The number of hydrogen-bond donors (Lipinski definition) is 0. The van der Waals surface area contributed by atoms with E-state index in [0.717, 1.165) is 30.6 Å². The zero-order valence-corrected chi connectivity index (χ0v) is 15.2. The molecule has 0 saturated carbocycles. The number of benzene rings is 1. The Labute approximate surface area is 157 Å². The fourth-order valence-corrected chi connectivity index (χ4v) is 4.68. The molecule has 3 aromatic rings. The Kier molecular flexibility index (Phi) is 4.26. The average Bonchev–Trinajstić information content (AvgIpc) is 3.38. The fourth-order valence-electron chi connectivity index (χ4n) is 3.13. The molecule has 5 nitrogen and oxygen atoms in total. The highest BCUT2D eigenvalue weighted by Gasteiger charge is 2.15. The molecule has 0 atom stereocenters. The van der Waals surface area contributed by atoms with Crippen LogP contribution in [0.1, 0.15) is 23.2 Å². The second-order valence-corrected chi connectivity index (χ2v) is 7.62. The summed E-state index contributed by atoms with van der Waals surface area (Å²) in [6, 6.07) is 9.74. The molecule has 2 heterocycles. The lowest BCUT2D eigenvalue weighted by Crippen LogP contribution is -2.30. The van der Waals surface area contributed by atoms with Crippen LogP contribution in [0.4, 0.5) is 0 Å². The Hall–Kier alpha value is -3.00. The maximum Gasteiger partial charge on any atom is 0.273 e. The molecule has 0 N–H and O–H groups in total. The molecule has 0 spiro atoms. The number of nitriles is 2. The van der Waals surface area contributed by atoms with Crippen LogP contribution in [-0.4, -0.2) is 9.55 Å². The predicted molar refractivity (Wildman–Crippen MR) is 102 cm³/mol. The van der Waals surface area contributed by atoms with Gasteiger partial charge in [0.25, 0.3) is 5.56 Å². The van der Waals surface area contributed by atoms with Crippen LogP contribution in [0.2, 0.25) is 0 Å². The summed E-state index contributed by atoms with van der Waals surface area (Å²) in [5.41, 5.74) is 5.31. The number of hydrogen-bond acceptors (Lipinski definition) is 6. The molecule has 0 aliphatic heterocycles. The summed E-state index contributed by atoms with van der Waals surface area (Å²) in [7, 11) is 0. The van der Waals surface area contributed by atoms with Crippen LogP contribution in [0, 0.1) is 22.7 Å². The van der Waals surface area contributed by atoms with Crippen molar-refractivity contribution in [3.05, 3.63) is 65.5 Å². The lowest BCUT2D eigenvalue weighted by atomic mass is 10.1. The fraction of sp³-hybridized carbons (Fsp3) is 0.158. The van der Waals surface area contributed by atoms with Gasteiger partial charge >= 0.3 is 0 Å². The van der Waals surface area contributed by atoms with Crippen LogP contribution in [0.25, 0.3) is 17.3 Å². The van der Waals surface area contributed by atoms with Gasteiger partial charge in [-0.25, -0.2) is 4.98 Å². The number of rotatable bonds is 2. The van der Waals surface area contributed by atoms with Crippen LogP contribution < -0.4 is 14.8 Å². The van der Waals surface area contributed by atoms with Crippen LogP contribution in [0.15, 0.2) is 33.9 Å². The standard InChI is InChI=1S/C19H12N4OS2/c20-8-14(9-21)19-23(16-5-4-12-2-1-3-13(12)6-16)18(24)17(26-19)7-15-10-25-11-22-15/h4-7,10-11H,1-3H2/b17-7+. The van der Waals surface area contributed by atoms with Crippen molar-refractivity contribution in [3.63, 3.8) is 0 Å². The molecule has 126 valence electrons. The molecule has 26 heavy (non-hydrogen) atoms. The molecule has 4 rings (SSSR count). The Balaban J connectivity index is 2.05. The third kappa shape index (κ3) is 2.78. The van der Waals surface area contributed by atoms with E-state index in [2.05, 4.69) is 4.98 Å². The number of nitrogens with zero attached hydrogens (tertiary/aromatic N) is 4. The maximum atomic E-state index is 13.0. The van der Waals surface area contributed by atoms with E-state index in [4.69, 9.17) is 0 Å². The van der Waals surface area contributed by atoms with E-state index < -0.39 is 0 Å². The molecule has 1 aliphatic carbocycles. The van der Waals surface area contributed by atoms with E-state index in [1.165, 1.54) is 27.0 Å². The van der Waals surface area contributed by atoms with Gasteiger partial charge in [0.15, 0.2) is 5.57 Å². The summed E-state index contributed by atoms with van der Waals surface area (Å²) in [6.07, 6.45) is 4.85. The summed E-state index contributed by atoms with van der Waals surface area (Å²) in [5.74, 6) is 0. The molecule has 0 radical (unpaired) electrons. The van der Waals surface area contributed by atoms with Gasteiger partial charge in [0.2, 0.25) is 0 Å². The average molecular weight is 376 g/mol. The number of thiazole rings is 2. The van der Waals surface area contributed by atoms with Gasteiger partial charge < -0.3 is 0 Å². The summed E-state index contributed by atoms with van der Waals surface area (Å²) >= 11 is 2.59. The summed E-state index contributed by atoms with van der Waals surface area (Å²) in [5, 5.41) is 20.5. The van der Waals surface area contributed by atoms with Crippen LogP contribution >= 0.6 is 22.7 Å². The van der Waals surface area contributed by atoms with Crippen molar-refractivity contribution in [1.82, 2.24) is 9.55 Å². The summed E-state index contributed by atoms with van der Waals surface area (Å²) in [4.78, 5) is 17.2. The summed E-state index contributed by atoms with van der Waals surface area (Å²) < 4.78 is 2.29. The molecule has 0 saturated heterocycles. The Morgan fingerprint density at radius 2 is 2.04 bits per heavy atom. The minimum Gasteiger partial charge on any atom is -0.267 e. The van der Waals surface area contributed by atoms with Crippen LogP contribution in [-0.2, 0) is 12.8 Å². The Morgan fingerprint density at radius 3 is 2.77 bits per heavy atom. The normalized spacial score (nSPS) is 13.2. The second kappa shape index (κ2) is 6.72. The zero-order valence-electron chi connectivity index (χ0n) is 13.6. The van der Waals surface area contributed by atoms with Crippen molar-refractivity contribution in [3.8, 4) is 17.8 Å². The predicted octanol–water partition coefficient (Wildman–Crippen LogP) is 1.87. The van der Waals surface area contributed by atoms with Crippen LogP contribution in [0.5, 0.6) is 0 Å². The molecule has 0 fully saturated rings. The van der Waals surface area contributed by atoms with Gasteiger partial charge in [-0.3, -0.25) is 9.36 Å².